The van der Waals surface area contributed by atoms with Crippen LogP contribution in [-0.2, 0) is 6.54 Å². The van der Waals surface area contributed by atoms with Gasteiger partial charge in [0.2, 0.25) is 5.16 Å². The van der Waals surface area contributed by atoms with Gasteiger partial charge in [0.1, 0.15) is 5.52 Å². The summed E-state index contributed by atoms with van der Waals surface area (Å²) in [6.45, 7) is 7.21. The maximum absolute atomic E-state index is 4.65. The highest BCUT2D eigenvalue weighted by atomic mass is 32.2. The highest BCUT2D eigenvalue weighted by Crippen LogP contribution is 2.27. The third kappa shape index (κ3) is 1.98. The van der Waals surface area contributed by atoms with E-state index >= 15 is 0 Å². The normalized spacial score (nSPS) is 11.5. The van der Waals surface area contributed by atoms with E-state index in [9.17, 15) is 0 Å². The van der Waals surface area contributed by atoms with E-state index < -0.39 is 0 Å². The molecular weight excluding hydrogens is 256 g/mol. The molecule has 0 amide bonds. The summed E-state index contributed by atoms with van der Waals surface area (Å²) in [5.74, 6) is 0.957. The number of nitrogens with zero attached hydrogens (tertiary/aromatic N) is 4. The molecule has 0 aliphatic rings. The van der Waals surface area contributed by atoms with Crippen molar-refractivity contribution in [2.75, 3.05) is 5.75 Å². The van der Waals surface area contributed by atoms with Crippen LogP contribution in [0.3, 0.4) is 0 Å². The first-order valence-electron chi connectivity index (χ1n) is 6.50. The van der Waals surface area contributed by atoms with E-state index in [0.717, 1.165) is 34.0 Å². The van der Waals surface area contributed by atoms with Gasteiger partial charge in [0.05, 0.1) is 5.52 Å². The van der Waals surface area contributed by atoms with Gasteiger partial charge >= 0.3 is 0 Å². The average Bonchev–Trinajstić information content (AvgIpc) is 2.71. The minimum Gasteiger partial charge on any atom is -0.324 e. The Morgan fingerprint density at radius 3 is 2.79 bits per heavy atom. The number of hydrogen-bond acceptors (Lipinski definition) is 4. The molecule has 1 aromatic carbocycles. The Morgan fingerprint density at radius 1 is 1.21 bits per heavy atom. The van der Waals surface area contributed by atoms with Gasteiger partial charge in [-0.05, 0) is 31.7 Å². The molecule has 3 rings (SSSR count). The summed E-state index contributed by atoms with van der Waals surface area (Å²) >= 11 is 1.62. The molecule has 3 aromatic rings. The van der Waals surface area contributed by atoms with E-state index in [1.54, 1.807) is 11.8 Å². The maximum atomic E-state index is 4.65. The highest BCUT2D eigenvalue weighted by molar-refractivity contribution is 7.99. The second kappa shape index (κ2) is 4.81. The van der Waals surface area contributed by atoms with Gasteiger partial charge in [-0.15, -0.1) is 10.2 Å². The first-order chi connectivity index (χ1) is 9.24. The number of hydrogen-bond donors (Lipinski definition) is 0. The van der Waals surface area contributed by atoms with Crippen molar-refractivity contribution in [3.05, 3.63) is 23.8 Å². The average molecular weight is 272 g/mol. The molecule has 0 saturated carbocycles. The first kappa shape index (κ1) is 12.4. The predicted octanol–water partition coefficient (Wildman–Crippen LogP) is 3.42. The van der Waals surface area contributed by atoms with Crippen molar-refractivity contribution < 1.29 is 0 Å². The highest BCUT2D eigenvalue weighted by Gasteiger charge is 2.13. The molecule has 4 nitrogen and oxygen atoms in total. The number of thioether (sulfide) groups is 1. The lowest BCUT2D eigenvalue weighted by atomic mass is 10.2. The molecule has 98 valence electrons. The largest absolute Gasteiger partial charge is 0.324 e. The topological polar surface area (TPSA) is 43.6 Å². The van der Waals surface area contributed by atoms with E-state index in [0.29, 0.717) is 0 Å². The van der Waals surface area contributed by atoms with E-state index in [1.807, 2.05) is 0 Å². The first-order valence-corrected chi connectivity index (χ1v) is 7.49. The van der Waals surface area contributed by atoms with Gasteiger partial charge in [0, 0.05) is 11.9 Å². The zero-order chi connectivity index (χ0) is 13.4. The molecule has 0 fully saturated rings. The molecule has 19 heavy (non-hydrogen) atoms. The lowest BCUT2D eigenvalue weighted by Gasteiger charge is -2.02. The van der Waals surface area contributed by atoms with E-state index in [2.05, 4.69) is 58.7 Å². The van der Waals surface area contributed by atoms with Crippen LogP contribution in [0.1, 0.15) is 19.4 Å². The van der Waals surface area contributed by atoms with E-state index in [1.165, 1.54) is 11.1 Å². The van der Waals surface area contributed by atoms with E-state index in [4.69, 9.17) is 0 Å². The second-order valence-electron chi connectivity index (χ2n) is 4.46. The van der Waals surface area contributed by atoms with Crippen LogP contribution in [-0.4, -0.2) is 25.5 Å². The molecular formula is C14H16N4S. The second-order valence-corrected chi connectivity index (χ2v) is 5.70. The van der Waals surface area contributed by atoms with Gasteiger partial charge < -0.3 is 4.57 Å². The van der Waals surface area contributed by atoms with Crippen LogP contribution in [0, 0.1) is 6.92 Å². The Balaban J connectivity index is 2.37. The number of rotatable bonds is 3. The molecule has 2 heterocycles. The fourth-order valence-electron chi connectivity index (χ4n) is 2.37. The standard InChI is InChI=1S/C14H16N4S/c1-4-18-11-7-6-9(3)8-10(11)12-13(18)15-14(17-16-12)19-5-2/h6-8H,4-5H2,1-3H3. The van der Waals surface area contributed by atoms with Gasteiger partial charge in [-0.3, -0.25) is 0 Å². The predicted molar refractivity (Wildman–Crippen MR) is 79.6 cm³/mol. The van der Waals surface area contributed by atoms with Crippen molar-refractivity contribution in [1.82, 2.24) is 19.7 Å². The molecule has 0 unspecified atom stereocenters. The molecule has 0 spiro atoms. The Morgan fingerprint density at radius 2 is 2.05 bits per heavy atom. The van der Waals surface area contributed by atoms with Crippen LogP contribution in [0.2, 0.25) is 0 Å². The summed E-state index contributed by atoms with van der Waals surface area (Å²) in [5.41, 5.74) is 4.26. The summed E-state index contributed by atoms with van der Waals surface area (Å²) in [6.07, 6.45) is 0. The van der Waals surface area contributed by atoms with Crippen molar-refractivity contribution in [3.63, 3.8) is 0 Å². The zero-order valence-electron chi connectivity index (χ0n) is 11.3. The van der Waals surface area contributed by atoms with E-state index in [-0.39, 0.29) is 0 Å². The van der Waals surface area contributed by atoms with Crippen LogP contribution in [0.4, 0.5) is 0 Å². The smallest absolute Gasteiger partial charge is 0.211 e. The molecule has 0 aliphatic heterocycles. The molecule has 0 N–H and O–H groups in total. The number of aromatic nitrogens is 4. The van der Waals surface area contributed by atoms with Gasteiger partial charge in [0.25, 0.3) is 0 Å². The Kier molecular flexibility index (Phi) is 3.14. The molecule has 0 saturated heterocycles. The third-order valence-electron chi connectivity index (χ3n) is 3.19. The van der Waals surface area contributed by atoms with Crippen LogP contribution < -0.4 is 0 Å². The monoisotopic (exact) mass is 272 g/mol. The van der Waals surface area contributed by atoms with Crippen LogP contribution in [0.25, 0.3) is 22.1 Å². The molecule has 5 heteroatoms. The van der Waals surface area contributed by atoms with Crippen molar-refractivity contribution in [3.8, 4) is 0 Å². The molecule has 2 aromatic heterocycles. The molecule has 0 bridgehead atoms. The summed E-state index contributed by atoms with van der Waals surface area (Å²) < 4.78 is 2.21. The zero-order valence-corrected chi connectivity index (χ0v) is 12.2. The van der Waals surface area contributed by atoms with Crippen molar-refractivity contribution in [1.29, 1.82) is 0 Å². The minimum atomic E-state index is 0.754. The number of benzene rings is 1. The van der Waals surface area contributed by atoms with Gasteiger partial charge in [-0.25, -0.2) is 4.98 Å². The Labute approximate surface area is 116 Å². The summed E-state index contributed by atoms with van der Waals surface area (Å²) in [5, 5.41) is 10.5. The van der Waals surface area contributed by atoms with Crippen LogP contribution in [0.15, 0.2) is 23.4 Å². The third-order valence-corrected chi connectivity index (χ3v) is 3.91. The quantitative estimate of drug-likeness (QED) is 0.685. The van der Waals surface area contributed by atoms with Crippen molar-refractivity contribution in [2.24, 2.45) is 0 Å². The number of fused-ring (bicyclic) bond motifs is 3. The fraction of sp³-hybridized carbons (Fsp3) is 0.357. The Hall–Kier alpha value is -1.62. The molecule has 0 aliphatic carbocycles. The summed E-state index contributed by atoms with van der Waals surface area (Å²) in [6, 6.07) is 6.43. The van der Waals surface area contributed by atoms with Crippen molar-refractivity contribution >= 4 is 33.8 Å². The maximum Gasteiger partial charge on any atom is 0.211 e. The van der Waals surface area contributed by atoms with Crippen molar-refractivity contribution in [2.45, 2.75) is 32.5 Å². The lowest BCUT2D eigenvalue weighted by Crippen LogP contribution is -1.98. The number of aryl methyl sites for hydroxylation is 2. The Bertz CT molecular complexity index is 748. The molecule has 0 atom stereocenters. The van der Waals surface area contributed by atoms with Gasteiger partial charge in [0.15, 0.2) is 5.65 Å². The summed E-state index contributed by atoms with van der Waals surface area (Å²) in [4.78, 5) is 4.65. The van der Waals surface area contributed by atoms with Gasteiger partial charge in [-0.2, -0.15) is 0 Å². The lowest BCUT2D eigenvalue weighted by molar-refractivity contribution is 0.789. The fourth-order valence-corrected chi connectivity index (χ4v) is 2.87. The van der Waals surface area contributed by atoms with Crippen LogP contribution >= 0.6 is 11.8 Å². The van der Waals surface area contributed by atoms with Gasteiger partial charge in [-0.1, -0.05) is 30.3 Å². The summed E-state index contributed by atoms with van der Waals surface area (Å²) in [7, 11) is 0. The van der Waals surface area contributed by atoms with Crippen LogP contribution in [0.5, 0.6) is 0 Å². The minimum absolute atomic E-state index is 0.754. The molecule has 0 radical (unpaired) electrons. The SMILES string of the molecule is CCSc1nnc2c3cc(C)ccc3n(CC)c2n1.